The number of aryl methyl sites for hydroxylation is 1. The first-order valence-electron chi connectivity index (χ1n) is 20.5. The number of halogens is 2. The van der Waals surface area contributed by atoms with E-state index in [1.807, 2.05) is 12.1 Å². The Morgan fingerprint density at radius 3 is 2.46 bits per heavy atom. The van der Waals surface area contributed by atoms with Crippen LogP contribution >= 0.6 is 0 Å². The molecule has 61 heavy (non-hydrogen) atoms. The van der Waals surface area contributed by atoms with Crippen LogP contribution < -0.4 is 25.2 Å². The van der Waals surface area contributed by atoms with E-state index in [-0.39, 0.29) is 58.7 Å². The van der Waals surface area contributed by atoms with E-state index in [2.05, 4.69) is 25.0 Å². The summed E-state index contributed by atoms with van der Waals surface area (Å²) in [4.78, 5) is 34.8. The first-order valence-corrected chi connectivity index (χ1v) is 22.0. The summed E-state index contributed by atoms with van der Waals surface area (Å²) in [6, 6.07) is 11.8. The lowest BCUT2D eigenvalue weighted by atomic mass is 9.80. The molecule has 1 unspecified atom stereocenters. The number of fused-ring (bicyclic) bond motifs is 2. The van der Waals surface area contributed by atoms with Crippen molar-refractivity contribution >= 4 is 49.6 Å². The molecule has 2 aliphatic heterocycles. The molecule has 2 amide bonds. The number of hydrogen-bond donors (Lipinski definition) is 3. The third kappa shape index (κ3) is 8.37. The van der Waals surface area contributed by atoms with Gasteiger partial charge < -0.3 is 20.1 Å². The fourth-order valence-electron chi connectivity index (χ4n) is 8.85. The zero-order valence-corrected chi connectivity index (χ0v) is 35.0. The van der Waals surface area contributed by atoms with Crippen molar-refractivity contribution in [2.24, 2.45) is 13.0 Å². The monoisotopic (exact) mass is 858 g/mol. The van der Waals surface area contributed by atoms with Gasteiger partial charge in [-0.3, -0.25) is 23.7 Å². The van der Waals surface area contributed by atoms with Crippen molar-refractivity contribution in [3.63, 3.8) is 0 Å². The number of nitriles is 1. The number of carbonyl (C=O) groups is 1. The van der Waals surface area contributed by atoms with Crippen LogP contribution in [0.2, 0.25) is 0 Å². The number of piperidine rings is 1. The second-order valence-electron chi connectivity index (χ2n) is 16.1. The number of rotatable bonds is 11. The Hall–Kier alpha value is -5.68. The number of aromatic nitrogens is 4. The first kappa shape index (κ1) is 42.0. The van der Waals surface area contributed by atoms with Crippen molar-refractivity contribution in [1.29, 1.82) is 5.26 Å². The molecule has 2 saturated heterocycles. The van der Waals surface area contributed by atoms with E-state index >= 15 is 8.78 Å². The van der Waals surface area contributed by atoms with Gasteiger partial charge in [-0.1, -0.05) is 6.92 Å². The molecule has 1 aliphatic carbocycles. The lowest BCUT2D eigenvalue weighted by molar-refractivity contribution is 0.0972. The van der Waals surface area contributed by atoms with Crippen LogP contribution in [0.5, 0.6) is 11.5 Å². The molecule has 19 heteroatoms. The van der Waals surface area contributed by atoms with Crippen LogP contribution in [0.15, 0.2) is 53.6 Å². The molecule has 3 aliphatic rings. The lowest BCUT2D eigenvalue weighted by Gasteiger charge is -2.41. The van der Waals surface area contributed by atoms with Gasteiger partial charge in [0.05, 0.1) is 28.4 Å². The Balaban J connectivity index is 0.889. The third-order valence-corrected chi connectivity index (χ3v) is 14.0. The number of amides is 2. The second kappa shape index (κ2) is 17.0. The average Bonchev–Trinajstić information content (AvgIpc) is 3.56. The predicted molar refractivity (Wildman–Crippen MR) is 225 cm³/mol. The third-order valence-electron chi connectivity index (χ3n) is 12.5. The molecule has 2 aromatic heterocycles. The molecule has 5 aromatic rings. The fourth-order valence-corrected chi connectivity index (χ4v) is 9.80. The van der Waals surface area contributed by atoms with Gasteiger partial charge in [-0.05, 0) is 111 Å². The van der Waals surface area contributed by atoms with Crippen LogP contribution in [-0.2, 0) is 23.8 Å². The highest BCUT2D eigenvalue weighted by Gasteiger charge is 2.33. The number of nitrogens with one attached hydrogen (secondary N) is 2. The summed E-state index contributed by atoms with van der Waals surface area (Å²) < 4.78 is 68.6. The molecule has 3 fully saturated rings. The Kier molecular flexibility index (Phi) is 11.7. The molecule has 322 valence electrons. The van der Waals surface area contributed by atoms with Crippen molar-refractivity contribution in [2.45, 2.75) is 76.6 Å². The summed E-state index contributed by atoms with van der Waals surface area (Å²) in [5.41, 5.74) is 1.05. The van der Waals surface area contributed by atoms with Gasteiger partial charge in [0.15, 0.2) is 17.4 Å². The Bertz CT molecular complexity index is 2700. The van der Waals surface area contributed by atoms with Crippen molar-refractivity contribution in [3.05, 3.63) is 81.9 Å². The van der Waals surface area contributed by atoms with E-state index < -0.39 is 34.0 Å². The fraction of sp³-hybridized carbons (Fsp3) is 0.452. The largest absolute Gasteiger partial charge is 0.453 e. The smallest absolute Gasteiger partial charge is 0.325 e. The highest BCUT2D eigenvalue weighted by atomic mass is 32.2. The minimum atomic E-state index is -4.01. The van der Waals surface area contributed by atoms with Crippen molar-refractivity contribution in [2.75, 3.05) is 42.8 Å². The number of aliphatic hydroxyl groups excluding tert-OH is 1. The lowest BCUT2D eigenvalue weighted by Crippen LogP contribution is -2.52. The molecule has 1 atom stereocenters. The van der Waals surface area contributed by atoms with Gasteiger partial charge in [0.25, 0.3) is 5.56 Å². The number of hydrogen-bond acceptors (Lipinski definition) is 10. The molecule has 16 nitrogen and oxygen atoms in total. The molecular weight excluding hydrogens is 811 g/mol. The number of nitrogens with zero attached hydrogens (tertiary/aromatic N) is 8. The SMILES string of the molecule is CCN(C)S(=O)(=O)Nc1ccc(F)c(Oc2ccc3ncn(CC4CCN(C5CCC(c6cc7c(cc6F)c(N6CCC(O)NC6=O)nn7C)CC5)CC4)c(=O)c3c2)c1C#N. The highest BCUT2D eigenvalue weighted by molar-refractivity contribution is 7.90. The summed E-state index contributed by atoms with van der Waals surface area (Å²) >= 11 is 0. The van der Waals surface area contributed by atoms with Gasteiger partial charge in [-0.25, -0.2) is 18.6 Å². The van der Waals surface area contributed by atoms with E-state index in [4.69, 9.17) is 4.74 Å². The summed E-state index contributed by atoms with van der Waals surface area (Å²) in [6.07, 6.45) is 6.32. The second-order valence-corrected chi connectivity index (χ2v) is 17.9. The Morgan fingerprint density at radius 2 is 1.75 bits per heavy atom. The van der Waals surface area contributed by atoms with E-state index in [1.54, 1.807) is 29.3 Å². The van der Waals surface area contributed by atoms with Gasteiger partial charge in [0.1, 0.15) is 29.4 Å². The number of carbonyl (C=O) groups excluding carboxylic acids is 1. The topological polar surface area (TPSA) is 191 Å². The van der Waals surface area contributed by atoms with Gasteiger partial charge >= 0.3 is 16.2 Å². The summed E-state index contributed by atoms with van der Waals surface area (Å²) in [7, 11) is -0.862. The zero-order valence-electron chi connectivity index (χ0n) is 34.1. The number of urea groups is 1. The zero-order chi connectivity index (χ0) is 43.2. The van der Waals surface area contributed by atoms with Crippen LogP contribution in [0.4, 0.5) is 25.1 Å². The number of likely N-dealkylation sites (tertiary alicyclic amines) is 1. The quantitative estimate of drug-likeness (QED) is 0.153. The van der Waals surface area contributed by atoms with Crippen molar-refractivity contribution in [1.82, 2.24) is 33.9 Å². The maximum absolute atomic E-state index is 15.8. The molecule has 0 spiro atoms. The predicted octanol–water partition coefficient (Wildman–Crippen LogP) is 5.51. The number of benzene rings is 3. The van der Waals surface area contributed by atoms with Crippen LogP contribution in [0.25, 0.3) is 21.8 Å². The van der Waals surface area contributed by atoms with E-state index in [9.17, 15) is 28.4 Å². The van der Waals surface area contributed by atoms with E-state index in [1.165, 1.54) is 36.5 Å². The van der Waals surface area contributed by atoms with Gasteiger partial charge in [0.2, 0.25) is 0 Å². The minimum absolute atomic E-state index is 0.0643. The van der Waals surface area contributed by atoms with Crippen molar-refractivity contribution in [3.8, 4) is 17.6 Å². The van der Waals surface area contributed by atoms with Gasteiger partial charge in [-0.2, -0.15) is 23.1 Å². The van der Waals surface area contributed by atoms with Crippen LogP contribution in [0, 0.1) is 28.9 Å². The maximum Gasteiger partial charge on any atom is 0.325 e. The van der Waals surface area contributed by atoms with Gasteiger partial charge in [-0.15, -0.1) is 0 Å². The first-order chi connectivity index (χ1) is 29.2. The Labute approximate surface area is 351 Å². The molecule has 0 bridgehead atoms. The molecule has 8 rings (SSSR count). The molecule has 3 aromatic carbocycles. The standard InChI is InChI=1S/C42H48F2N10O6S/c1-4-50(2)61(58,59)49-36-12-10-33(43)39(32(36)22-45)60-28-9-11-35-30(19-28)41(56)53(24-46-35)23-25-13-16-52(17-14-25)27-7-5-26(6-8-27)29-21-37-31(20-34(29)44)40(48-51(37)3)54-18-15-38(55)47-42(54)57/h9-12,19-21,24-27,38,49,55H,4-8,13-18,23H2,1-3H3,(H,47,57). The van der Waals surface area contributed by atoms with Crippen LogP contribution in [-0.4, -0.2) is 93.6 Å². The molecule has 1 saturated carbocycles. The molecular formula is C42H48F2N10O6S. The number of aliphatic hydroxyl groups is 1. The highest BCUT2D eigenvalue weighted by Crippen LogP contribution is 2.40. The molecule has 4 heterocycles. The summed E-state index contributed by atoms with van der Waals surface area (Å²) in [5.74, 6) is -0.914. The average molecular weight is 859 g/mol. The summed E-state index contributed by atoms with van der Waals surface area (Å²) in [6.45, 7) is 4.32. The Morgan fingerprint density at radius 1 is 1.00 bits per heavy atom. The van der Waals surface area contributed by atoms with Crippen molar-refractivity contribution < 1.29 is 31.8 Å². The van der Waals surface area contributed by atoms with E-state index in [0.29, 0.717) is 41.3 Å². The summed E-state index contributed by atoms with van der Waals surface area (Å²) in [5, 5.41) is 27.5. The van der Waals surface area contributed by atoms with Crippen LogP contribution in [0.3, 0.4) is 0 Å². The normalized spacial score (nSPS) is 20.6. The molecule has 0 radical (unpaired) electrons. The maximum atomic E-state index is 15.8. The molecule has 3 N–H and O–H groups in total. The number of ether oxygens (including phenoxy) is 1. The van der Waals surface area contributed by atoms with E-state index in [0.717, 1.165) is 73.6 Å². The number of anilines is 2. The van der Waals surface area contributed by atoms with Gasteiger partial charge in [0, 0.05) is 51.6 Å². The van der Waals surface area contributed by atoms with Crippen LogP contribution in [0.1, 0.15) is 68.9 Å². The minimum Gasteiger partial charge on any atom is -0.453 e.